The summed E-state index contributed by atoms with van der Waals surface area (Å²) >= 11 is 0. The molecule has 0 spiro atoms. The fourth-order valence-corrected chi connectivity index (χ4v) is 1.02. The molecule has 1 unspecified atom stereocenters. The van der Waals surface area contributed by atoms with Gasteiger partial charge in [-0.2, -0.15) is 0 Å². The van der Waals surface area contributed by atoms with Gasteiger partial charge in [-0.05, 0) is 30.8 Å². The molecule has 2 N–H and O–H groups in total. The summed E-state index contributed by atoms with van der Waals surface area (Å²) in [5.74, 6) is -4.32. The highest BCUT2D eigenvalue weighted by atomic mass is 15.2. The van der Waals surface area contributed by atoms with E-state index in [0.29, 0.717) is 0 Å². The summed E-state index contributed by atoms with van der Waals surface area (Å²) in [5, 5.41) is 0. The molecule has 3 nitrogen and oxygen atoms in total. The van der Waals surface area contributed by atoms with E-state index < -0.39 is 44.3 Å². The number of hydrogen-bond acceptors (Lipinski definition) is 3. The van der Waals surface area contributed by atoms with Crippen molar-refractivity contribution < 1.29 is 16.4 Å². The van der Waals surface area contributed by atoms with Gasteiger partial charge < -0.3 is 10.6 Å². The Kier molecular flexibility index (Phi) is 0.732. The van der Waals surface area contributed by atoms with E-state index in [0.717, 1.165) is 6.20 Å². The van der Waals surface area contributed by atoms with Crippen molar-refractivity contribution in [2.75, 3.05) is 23.6 Å². The third-order valence-corrected chi connectivity index (χ3v) is 1.61. The largest absolute Gasteiger partial charge is 0.396 e. The van der Waals surface area contributed by atoms with Gasteiger partial charge in [0, 0.05) is 35.6 Å². The first kappa shape index (κ1) is 2.65. The predicted octanol–water partition coefficient (Wildman–Crippen LogP) is 1.90. The van der Waals surface area contributed by atoms with Crippen LogP contribution in [-0.4, -0.2) is 18.0 Å². The number of aromatic nitrogens is 1. The van der Waals surface area contributed by atoms with Crippen molar-refractivity contribution in [3.05, 3.63) is 18.3 Å². The lowest BCUT2D eigenvalue weighted by molar-refractivity contribution is 0.445. The topological polar surface area (TPSA) is 42.2 Å². The first-order valence-electron chi connectivity index (χ1n) is 9.90. The zero-order valence-electron chi connectivity index (χ0n) is 19.2. The summed E-state index contributed by atoms with van der Waals surface area (Å²) in [6.07, 6.45) is -6.23. The Morgan fingerprint density at radius 2 is 2.79 bits per heavy atom. The molecule has 3 heteroatoms. The van der Waals surface area contributed by atoms with E-state index in [1.54, 1.807) is 0 Å². The second-order valence-electron chi connectivity index (χ2n) is 2.60. The Balaban J connectivity index is 2.96. The molecule has 0 radical (unpaired) electrons. The molecule has 1 aliphatic heterocycles. The zero-order valence-corrected chi connectivity index (χ0v) is 7.20. The Hall–Kier alpha value is -1.25. The van der Waals surface area contributed by atoms with E-state index >= 15 is 0 Å². The molecule has 2 rings (SSSR count). The van der Waals surface area contributed by atoms with Crippen LogP contribution in [0.25, 0.3) is 0 Å². The highest BCUT2D eigenvalue weighted by Gasteiger charge is 2.18. The maximum Gasteiger partial charge on any atom is 0.151 e. The summed E-state index contributed by atoms with van der Waals surface area (Å²) < 4.78 is 95.3. The Bertz CT molecular complexity index is 715. The van der Waals surface area contributed by atoms with E-state index in [4.69, 9.17) is 22.2 Å². The average molecular weight is 203 g/mol. The van der Waals surface area contributed by atoms with Gasteiger partial charge in [0.25, 0.3) is 0 Å². The fraction of sp³-hybridized carbons (Fsp3) is 0.545. The number of rotatable bonds is 1. The lowest BCUT2D eigenvalue weighted by Gasteiger charge is -2.32. The van der Waals surface area contributed by atoms with Gasteiger partial charge in [-0.3, -0.25) is 0 Å². The van der Waals surface area contributed by atoms with Crippen LogP contribution in [0.5, 0.6) is 0 Å². The number of nitrogens with two attached hydrogens (primary N) is 1. The second-order valence-corrected chi connectivity index (χ2v) is 2.60. The van der Waals surface area contributed by atoms with Gasteiger partial charge in [0.1, 0.15) is 0 Å². The highest BCUT2D eigenvalue weighted by molar-refractivity contribution is 5.62. The molecule has 0 bridgehead atoms. The first-order chi connectivity index (χ1) is 11.4. The summed E-state index contributed by atoms with van der Waals surface area (Å²) in [4.78, 5) is 3.74. The van der Waals surface area contributed by atoms with Crippen LogP contribution in [0, 0.1) is 5.89 Å². The van der Waals surface area contributed by atoms with Crippen LogP contribution in [0.1, 0.15) is 36.0 Å². The highest BCUT2D eigenvalue weighted by Crippen LogP contribution is 2.25. The summed E-state index contributed by atoms with van der Waals surface area (Å²) in [6.45, 7) is -10.6. The minimum absolute atomic E-state index is 0.0238. The van der Waals surface area contributed by atoms with E-state index in [9.17, 15) is 0 Å². The maximum absolute atomic E-state index is 8.23. The second kappa shape index (κ2) is 3.86. The smallest absolute Gasteiger partial charge is 0.151 e. The summed E-state index contributed by atoms with van der Waals surface area (Å²) in [5.41, 5.74) is 5.41. The monoisotopic (exact) mass is 203 g/mol. The van der Waals surface area contributed by atoms with Crippen molar-refractivity contribution in [1.29, 1.82) is 0 Å². The molecule has 1 aromatic rings. The molecule has 1 fully saturated rings. The molecule has 1 aliphatic rings. The van der Waals surface area contributed by atoms with Crippen molar-refractivity contribution in [2.45, 2.75) is 19.6 Å². The quantitative estimate of drug-likeness (QED) is 0.758. The Morgan fingerprint density at radius 1 is 1.86 bits per heavy atom. The molecule has 14 heavy (non-hydrogen) atoms. The van der Waals surface area contributed by atoms with Crippen LogP contribution in [0.15, 0.2) is 18.3 Å². The Labute approximate surface area is 102 Å². The minimum atomic E-state index is -3.74. The zero-order chi connectivity index (χ0) is 20.6. The average Bonchev–Trinajstić information content (AvgIpc) is 2.45. The van der Waals surface area contributed by atoms with Crippen LogP contribution in [0.3, 0.4) is 0 Å². The molecule has 1 saturated heterocycles. The molecule has 0 amide bonds. The molecular formula is C11H17N3. The van der Waals surface area contributed by atoms with Crippen molar-refractivity contribution in [1.82, 2.24) is 4.98 Å². The van der Waals surface area contributed by atoms with Crippen molar-refractivity contribution in [3.8, 4) is 0 Å². The third kappa shape index (κ3) is 1.81. The number of anilines is 2. The van der Waals surface area contributed by atoms with Crippen molar-refractivity contribution >= 4 is 11.5 Å². The molecule has 2 heterocycles. The van der Waals surface area contributed by atoms with E-state index in [2.05, 4.69) is 4.98 Å². The third-order valence-electron chi connectivity index (χ3n) is 1.61. The van der Waals surface area contributed by atoms with E-state index in [1.165, 1.54) is 12.1 Å². The maximum atomic E-state index is 8.23. The van der Waals surface area contributed by atoms with Gasteiger partial charge in [-0.15, -0.1) is 0 Å². The van der Waals surface area contributed by atoms with E-state index in [1.807, 2.05) is 0 Å². The van der Waals surface area contributed by atoms with Crippen LogP contribution in [0.4, 0.5) is 11.5 Å². The Morgan fingerprint density at radius 3 is 3.57 bits per heavy atom. The lowest BCUT2D eigenvalue weighted by atomic mass is 10.0. The number of hydrogen-bond donors (Lipinski definition) is 1. The molecular weight excluding hydrogens is 174 g/mol. The van der Waals surface area contributed by atoms with Crippen LogP contribution in [0.2, 0.25) is 0 Å². The van der Waals surface area contributed by atoms with Crippen molar-refractivity contribution in [2.24, 2.45) is 5.89 Å². The molecule has 0 saturated carbocycles. The number of nitrogens with zero attached hydrogens (tertiary/aromatic N) is 2. The van der Waals surface area contributed by atoms with E-state index in [-0.39, 0.29) is 10.6 Å². The van der Waals surface area contributed by atoms with Crippen LogP contribution in [-0.2, 0) is 0 Å². The summed E-state index contributed by atoms with van der Waals surface area (Å²) in [7, 11) is 0. The van der Waals surface area contributed by atoms with Gasteiger partial charge in [-0.25, -0.2) is 4.98 Å². The minimum Gasteiger partial charge on any atom is -0.396 e. The summed E-state index contributed by atoms with van der Waals surface area (Å²) in [6, 6.07) is 2.56. The number of pyridine rings is 1. The van der Waals surface area contributed by atoms with Crippen LogP contribution < -0.4 is 10.6 Å². The van der Waals surface area contributed by atoms with Gasteiger partial charge >= 0.3 is 0 Å². The first-order valence-corrected chi connectivity index (χ1v) is 3.90. The normalized spacial score (nSPS) is 55.6. The molecule has 0 aliphatic carbocycles. The SMILES string of the molecule is [2H]C([2H])([2H])C1([2H])C([2H])([2H])N(c2ncccc2N)C([2H])([2H])C([2H])([2H])C1([2H])[2H]. The number of nitrogen functional groups attached to an aromatic ring is 1. The fourth-order valence-electron chi connectivity index (χ4n) is 1.02. The standard InChI is InChI=1S/C11H17N3/c1-9-4-3-7-14(8-9)11-10(12)5-2-6-13-11/h2,5-6,9H,3-4,7-8,12H2,1H3/i1D3,3D2,4D2,7D2,8D2,9D. The van der Waals surface area contributed by atoms with Gasteiger partial charge in [0.15, 0.2) is 5.82 Å². The lowest BCUT2D eigenvalue weighted by Crippen LogP contribution is -2.35. The molecule has 76 valence electrons. The predicted molar refractivity (Wildman–Crippen MR) is 59.3 cm³/mol. The van der Waals surface area contributed by atoms with Gasteiger partial charge in [0.2, 0.25) is 0 Å². The molecule has 1 atom stereocenters. The van der Waals surface area contributed by atoms with Crippen LogP contribution >= 0.6 is 0 Å². The molecule has 0 aromatic carbocycles. The molecule has 1 aromatic heterocycles. The van der Waals surface area contributed by atoms with Crippen molar-refractivity contribution in [3.63, 3.8) is 0 Å². The van der Waals surface area contributed by atoms with Gasteiger partial charge in [0.05, 0.1) is 5.69 Å². The number of piperidine rings is 1. The van der Waals surface area contributed by atoms with Gasteiger partial charge in [-0.1, -0.05) is 6.85 Å².